The first-order valence-electron chi connectivity index (χ1n) is 5.69. The third-order valence-electron chi connectivity index (χ3n) is 2.90. The minimum absolute atomic E-state index is 0.167. The van der Waals surface area contributed by atoms with Gasteiger partial charge < -0.3 is 4.79 Å². The van der Waals surface area contributed by atoms with Gasteiger partial charge in [-0.25, -0.2) is 0 Å². The lowest BCUT2D eigenvalue weighted by molar-refractivity contribution is -0.116. The molecule has 0 aliphatic carbocycles. The zero-order chi connectivity index (χ0) is 11.2. The maximum absolute atomic E-state index is 11.0. The molecular weight excluding hydrogens is 174 g/mol. The number of aldehydes is 1. The zero-order valence-electron chi connectivity index (χ0n) is 10.3. The van der Waals surface area contributed by atoms with E-state index in [1.165, 1.54) is 0 Å². The van der Waals surface area contributed by atoms with E-state index in [-0.39, 0.29) is 5.41 Å². The smallest absolute Gasteiger partial charge is 0.127 e. The molecule has 14 heavy (non-hydrogen) atoms. The maximum Gasteiger partial charge on any atom is 0.127 e. The first-order chi connectivity index (χ1) is 6.49. The Kier molecular flexibility index (Phi) is 6.01. The van der Waals surface area contributed by atoms with E-state index in [4.69, 9.17) is 0 Å². The molecule has 0 bridgehead atoms. The Morgan fingerprint density at radius 1 is 1.36 bits per heavy atom. The molecule has 1 unspecified atom stereocenters. The normalized spacial score (nSPS) is 15.9. The van der Waals surface area contributed by atoms with E-state index in [1.54, 1.807) is 0 Å². The van der Waals surface area contributed by atoms with Crippen molar-refractivity contribution in [2.45, 2.75) is 53.5 Å². The van der Waals surface area contributed by atoms with Gasteiger partial charge in [0, 0.05) is 18.0 Å². The number of hydrogen-bond acceptors (Lipinski definition) is 2. The fourth-order valence-corrected chi connectivity index (χ4v) is 1.50. The van der Waals surface area contributed by atoms with Crippen molar-refractivity contribution >= 4 is 6.29 Å². The minimum Gasteiger partial charge on any atom is -0.303 e. The predicted molar refractivity (Wildman–Crippen MR) is 61.5 cm³/mol. The molecule has 0 saturated heterocycles. The molecule has 1 atom stereocenters. The Labute approximate surface area is 88.7 Å². The van der Waals surface area contributed by atoms with Crippen LogP contribution in [0, 0.1) is 5.41 Å². The van der Waals surface area contributed by atoms with Crippen molar-refractivity contribution in [3.63, 3.8) is 0 Å². The summed E-state index contributed by atoms with van der Waals surface area (Å²) >= 11 is 0. The highest BCUT2D eigenvalue weighted by atomic mass is 16.1. The minimum atomic E-state index is -0.167. The van der Waals surface area contributed by atoms with Crippen LogP contribution in [0.5, 0.6) is 0 Å². The van der Waals surface area contributed by atoms with Crippen molar-refractivity contribution < 1.29 is 4.79 Å². The van der Waals surface area contributed by atoms with Gasteiger partial charge in [0.05, 0.1) is 0 Å². The number of nitrogens with zero attached hydrogens (tertiary/aromatic N) is 1. The molecule has 0 aromatic carbocycles. The Hall–Kier alpha value is -0.370. The van der Waals surface area contributed by atoms with Gasteiger partial charge in [-0.05, 0) is 33.2 Å². The largest absolute Gasteiger partial charge is 0.303 e. The van der Waals surface area contributed by atoms with Gasteiger partial charge in [0.15, 0.2) is 0 Å². The number of hydrogen-bond donors (Lipinski definition) is 0. The van der Waals surface area contributed by atoms with Gasteiger partial charge in [-0.1, -0.05) is 20.8 Å². The van der Waals surface area contributed by atoms with Crippen LogP contribution in [0.3, 0.4) is 0 Å². The van der Waals surface area contributed by atoms with Crippen LogP contribution >= 0.6 is 0 Å². The van der Waals surface area contributed by atoms with Crippen LogP contribution in [0.1, 0.15) is 47.5 Å². The summed E-state index contributed by atoms with van der Waals surface area (Å²) in [4.78, 5) is 13.4. The summed E-state index contributed by atoms with van der Waals surface area (Å²) in [5.74, 6) is 0. The fraction of sp³-hybridized carbons (Fsp3) is 0.917. The second-order valence-corrected chi connectivity index (χ2v) is 4.69. The summed E-state index contributed by atoms with van der Waals surface area (Å²) < 4.78 is 0. The third kappa shape index (κ3) is 4.23. The molecule has 0 fully saturated rings. The zero-order valence-corrected chi connectivity index (χ0v) is 10.3. The van der Waals surface area contributed by atoms with Gasteiger partial charge in [-0.3, -0.25) is 4.90 Å². The van der Waals surface area contributed by atoms with Crippen molar-refractivity contribution in [2.24, 2.45) is 5.41 Å². The van der Waals surface area contributed by atoms with E-state index in [2.05, 4.69) is 32.6 Å². The van der Waals surface area contributed by atoms with Gasteiger partial charge in [-0.15, -0.1) is 0 Å². The van der Waals surface area contributed by atoms with Gasteiger partial charge in [0.1, 0.15) is 6.29 Å². The summed E-state index contributed by atoms with van der Waals surface area (Å²) in [6.45, 7) is 12.7. The molecule has 2 nitrogen and oxygen atoms in total. The highest BCUT2D eigenvalue weighted by molar-refractivity contribution is 5.58. The lowest BCUT2D eigenvalue weighted by atomic mass is 9.88. The average Bonchev–Trinajstić information content (AvgIpc) is 2.17. The molecular formula is C12H25NO. The summed E-state index contributed by atoms with van der Waals surface area (Å²) in [6, 6.07) is 0.528. The standard InChI is InChI=1S/C12H25NO/c1-6-8-13(11(3)4)9-12(5,7-2)10-14/h10-11H,6-9H2,1-5H3. The van der Waals surface area contributed by atoms with E-state index >= 15 is 0 Å². The topological polar surface area (TPSA) is 20.3 Å². The Morgan fingerprint density at radius 2 is 1.93 bits per heavy atom. The Morgan fingerprint density at radius 3 is 2.21 bits per heavy atom. The molecule has 0 saturated carbocycles. The van der Waals surface area contributed by atoms with Gasteiger partial charge in [-0.2, -0.15) is 0 Å². The summed E-state index contributed by atoms with van der Waals surface area (Å²) in [5.41, 5.74) is -0.167. The predicted octanol–water partition coefficient (Wildman–Crippen LogP) is 2.72. The lowest BCUT2D eigenvalue weighted by Gasteiger charge is -2.33. The third-order valence-corrected chi connectivity index (χ3v) is 2.90. The molecule has 2 heteroatoms. The second kappa shape index (κ2) is 6.18. The first-order valence-corrected chi connectivity index (χ1v) is 5.69. The highest BCUT2D eigenvalue weighted by Crippen LogP contribution is 2.20. The van der Waals surface area contributed by atoms with Gasteiger partial charge in [0.2, 0.25) is 0 Å². The van der Waals surface area contributed by atoms with Crippen LogP contribution in [0.2, 0.25) is 0 Å². The SMILES string of the molecule is CCCN(CC(C)(C=O)CC)C(C)C. The van der Waals surface area contributed by atoms with Crippen LogP contribution in [0.25, 0.3) is 0 Å². The van der Waals surface area contributed by atoms with Crippen LogP contribution < -0.4 is 0 Å². The van der Waals surface area contributed by atoms with Crippen LogP contribution in [0.15, 0.2) is 0 Å². The van der Waals surface area contributed by atoms with Crippen molar-refractivity contribution in [2.75, 3.05) is 13.1 Å². The van der Waals surface area contributed by atoms with E-state index in [0.29, 0.717) is 6.04 Å². The number of carbonyl (C=O) groups is 1. The molecule has 0 aliphatic heterocycles. The monoisotopic (exact) mass is 199 g/mol. The summed E-state index contributed by atoms with van der Waals surface area (Å²) in [6.07, 6.45) is 3.18. The Bertz CT molecular complexity index is 168. The molecule has 0 radical (unpaired) electrons. The van der Waals surface area contributed by atoms with Crippen LogP contribution in [0.4, 0.5) is 0 Å². The highest BCUT2D eigenvalue weighted by Gasteiger charge is 2.25. The summed E-state index contributed by atoms with van der Waals surface area (Å²) in [7, 11) is 0. The molecule has 0 aromatic heterocycles. The van der Waals surface area contributed by atoms with E-state index in [1.807, 2.05) is 6.92 Å². The van der Waals surface area contributed by atoms with E-state index in [9.17, 15) is 4.79 Å². The number of carbonyl (C=O) groups excluding carboxylic acids is 1. The summed E-state index contributed by atoms with van der Waals surface area (Å²) in [5, 5.41) is 0. The maximum atomic E-state index is 11.0. The molecule has 0 amide bonds. The van der Waals surface area contributed by atoms with Crippen LogP contribution in [-0.4, -0.2) is 30.3 Å². The lowest BCUT2D eigenvalue weighted by Crippen LogP contribution is -2.41. The quantitative estimate of drug-likeness (QED) is 0.588. The fourth-order valence-electron chi connectivity index (χ4n) is 1.50. The second-order valence-electron chi connectivity index (χ2n) is 4.69. The van der Waals surface area contributed by atoms with Crippen molar-refractivity contribution in [1.82, 2.24) is 4.90 Å². The average molecular weight is 199 g/mol. The Balaban J connectivity index is 4.33. The van der Waals surface area contributed by atoms with Crippen molar-refractivity contribution in [1.29, 1.82) is 0 Å². The van der Waals surface area contributed by atoms with Crippen molar-refractivity contribution in [3.05, 3.63) is 0 Å². The molecule has 0 rings (SSSR count). The van der Waals surface area contributed by atoms with E-state index in [0.717, 1.165) is 32.2 Å². The first kappa shape index (κ1) is 13.6. The molecule has 0 aromatic rings. The molecule has 0 heterocycles. The molecule has 0 N–H and O–H groups in total. The molecule has 84 valence electrons. The van der Waals surface area contributed by atoms with Gasteiger partial charge >= 0.3 is 0 Å². The molecule has 0 aliphatic rings. The van der Waals surface area contributed by atoms with Crippen molar-refractivity contribution in [3.8, 4) is 0 Å². The number of rotatable bonds is 7. The van der Waals surface area contributed by atoms with E-state index < -0.39 is 0 Å². The molecule has 0 spiro atoms. The van der Waals surface area contributed by atoms with Gasteiger partial charge in [0.25, 0.3) is 0 Å². The van der Waals surface area contributed by atoms with Crippen LogP contribution in [-0.2, 0) is 4.79 Å².